The Labute approximate surface area is 157 Å². The van der Waals surface area contributed by atoms with Gasteiger partial charge in [-0.3, -0.25) is 0 Å². The van der Waals surface area contributed by atoms with Gasteiger partial charge in [-0.15, -0.1) is 0 Å². The van der Waals surface area contributed by atoms with E-state index in [1.807, 2.05) is 42.5 Å². The van der Waals surface area contributed by atoms with Crippen LogP contribution in [-0.4, -0.2) is 21.3 Å². The molecular weight excluding hydrogens is 396 g/mol. The molecule has 0 bridgehead atoms. The molecule has 0 unspecified atom stereocenters. The number of aromatic hydroxyl groups is 2. The number of aromatic carboxylic acids is 1. The smallest absolute Gasteiger partial charge is 0.339 e. The number of carbonyl (C=O) groups is 1. The molecule has 0 saturated carbocycles. The Hall–Kier alpha value is -3.05. The number of hydrogen-bond donors (Lipinski definition) is 3. The van der Waals surface area contributed by atoms with E-state index in [2.05, 4.69) is 15.9 Å². The van der Waals surface area contributed by atoms with Crippen molar-refractivity contribution in [3.63, 3.8) is 0 Å². The summed E-state index contributed by atoms with van der Waals surface area (Å²) in [6.07, 6.45) is 0. The molecule has 0 spiro atoms. The number of phenols is 2. The van der Waals surface area contributed by atoms with Gasteiger partial charge in [0.1, 0.15) is 17.1 Å². The average molecular weight is 409 g/mol. The van der Waals surface area contributed by atoms with E-state index in [0.29, 0.717) is 4.47 Å². The van der Waals surface area contributed by atoms with Crippen LogP contribution in [0.5, 0.6) is 11.5 Å². The lowest BCUT2D eigenvalue weighted by Gasteiger charge is -2.10. The quantitative estimate of drug-likeness (QED) is 0.407. The summed E-state index contributed by atoms with van der Waals surface area (Å²) < 4.78 is 0.368. The van der Waals surface area contributed by atoms with E-state index in [0.717, 1.165) is 32.7 Å². The van der Waals surface area contributed by atoms with Crippen LogP contribution in [0.2, 0.25) is 0 Å². The van der Waals surface area contributed by atoms with Crippen LogP contribution in [-0.2, 0) is 0 Å². The molecular formula is C21H13BrO4. The van der Waals surface area contributed by atoms with Gasteiger partial charge in [-0.05, 0) is 78.9 Å². The summed E-state index contributed by atoms with van der Waals surface area (Å²) in [4.78, 5) is 11.3. The lowest BCUT2D eigenvalue weighted by atomic mass is 9.97. The molecule has 4 nitrogen and oxygen atoms in total. The third-order valence-electron chi connectivity index (χ3n) is 4.44. The number of carboxylic acid groups (broad SMARTS) is 1. The van der Waals surface area contributed by atoms with Crippen LogP contribution in [0.15, 0.2) is 65.1 Å². The van der Waals surface area contributed by atoms with Gasteiger partial charge in [0, 0.05) is 0 Å². The molecule has 0 aliphatic heterocycles. The largest absolute Gasteiger partial charge is 0.508 e. The maximum Gasteiger partial charge on any atom is 0.339 e. The molecule has 0 aliphatic rings. The Bertz CT molecular complexity index is 1200. The zero-order valence-corrected chi connectivity index (χ0v) is 15.0. The second-order valence-corrected chi connectivity index (χ2v) is 6.87. The third-order valence-corrected chi connectivity index (χ3v) is 5.24. The van der Waals surface area contributed by atoms with Crippen molar-refractivity contribution < 1.29 is 20.1 Å². The minimum absolute atomic E-state index is 0.143. The van der Waals surface area contributed by atoms with Gasteiger partial charge in [0.25, 0.3) is 0 Å². The Balaban J connectivity index is 1.91. The van der Waals surface area contributed by atoms with Crippen LogP contribution in [0.1, 0.15) is 10.4 Å². The Morgan fingerprint density at radius 2 is 1.38 bits per heavy atom. The number of benzene rings is 4. The first-order valence-electron chi connectivity index (χ1n) is 7.86. The summed E-state index contributed by atoms with van der Waals surface area (Å²) in [5.74, 6) is -1.23. The van der Waals surface area contributed by atoms with E-state index in [9.17, 15) is 20.1 Å². The van der Waals surface area contributed by atoms with E-state index < -0.39 is 5.97 Å². The fourth-order valence-electron chi connectivity index (χ4n) is 3.11. The highest BCUT2D eigenvalue weighted by Gasteiger charge is 2.16. The molecule has 0 aliphatic carbocycles. The van der Waals surface area contributed by atoms with E-state index in [-0.39, 0.29) is 17.1 Å². The Kier molecular flexibility index (Phi) is 3.81. The minimum atomic E-state index is -1.18. The second-order valence-electron chi connectivity index (χ2n) is 6.07. The van der Waals surface area contributed by atoms with Gasteiger partial charge in [0.15, 0.2) is 0 Å². The molecule has 0 heterocycles. The first kappa shape index (κ1) is 16.4. The van der Waals surface area contributed by atoms with Gasteiger partial charge in [0.2, 0.25) is 0 Å². The van der Waals surface area contributed by atoms with Crippen molar-refractivity contribution >= 4 is 43.4 Å². The van der Waals surface area contributed by atoms with Gasteiger partial charge in [-0.25, -0.2) is 4.79 Å². The number of hydrogen-bond acceptors (Lipinski definition) is 3. The average Bonchev–Trinajstić information content (AvgIpc) is 2.63. The van der Waals surface area contributed by atoms with Crippen LogP contribution in [0.3, 0.4) is 0 Å². The topological polar surface area (TPSA) is 77.8 Å². The molecule has 5 heteroatoms. The van der Waals surface area contributed by atoms with Crippen molar-refractivity contribution in [2.75, 3.05) is 0 Å². The van der Waals surface area contributed by atoms with Crippen LogP contribution in [0, 0.1) is 0 Å². The molecule has 128 valence electrons. The van der Waals surface area contributed by atoms with E-state index in [1.54, 1.807) is 12.1 Å². The fraction of sp³-hybridized carbons (Fsp3) is 0. The standard InChI is InChI=1S/C21H13BrO4/c22-19-17-6-4-13(8-15(17)10-18(20(19)24)21(25)26)11-1-2-14-9-16(23)5-3-12(14)7-11/h1-10,23-24H,(H,25,26). The normalized spacial score (nSPS) is 11.1. The van der Waals surface area contributed by atoms with Crippen LogP contribution in [0.25, 0.3) is 32.7 Å². The first-order valence-corrected chi connectivity index (χ1v) is 8.65. The van der Waals surface area contributed by atoms with Crippen LogP contribution in [0.4, 0.5) is 0 Å². The highest BCUT2D eigenvalue weighted by molar-refractivity contribution is 9.10. The Morgan fingerprint density at radius 3 is 2.12 bits per heavy atom. The van der Waals surface area contributed by atoms with Crippen molar-refractivity contribution in [3.05, 3.63) is 70.7 Å². The minimum Gasteiger partial charge on any atom is -0.508 e. The molecule has 4 rings (SSSR count). The summed E-state index contributed by atoms with van der Waals surface area (Å²) in [7, 11) is 0. The SMILES string of the molecule is O=C(O)c1cc2cc(-c3ccc4cc(O)ccc4c3)ccc2c(Br)c1O. The molecule has 4 aromatic rings. The molecule has 26 heavy (non-hydrogen) atoms. The first-order chi connectivity index (χ1) is 12.4. The van der Waals surface area contributed by atoms with E-state index >= 15 is 0 Å². The second kappa shape index (κ2) is 6.04. The highest BCUT2D eigenvalue weighted by atomic mass is 79.9. The molecule has 0 atom stereocenters. The number of fused-ring (bicyclic) bond motifs is 2. The molecule has 0 aromatic heterocycles. The van der Waals surface area contributed by atoms with Gasteiger partial charge < -0.3 is 15.3 Å². The van der Waals surface area contributed by atoms with Gasteiger partial charge in [0.05, 0.1) is 4.47 Å². The number of phenolic OH excluding ortho intramolecular Hbond substituents is 1. The van der Waals surface area contributed by atoms with Crippen LogP contribution >= 0.6 is 15.9 Å². The predicted molar refractivity (Wildman–Crippen MR) is 105 cm³/mol. The molecule has 0 radical (unpaired) electrons. The summed E-state index contributed by atoms with van der Waals surface area (Å²) >= 11 is 3.28. The van der Waals surface area contributed by atoms with Crippen molar-refractivity contribution in [3.8, 4) is 22.6 Å². The fourth-order valence-corrected chi connectivity index (χ4v) is 3.68. The number of rotatable bonds is 2. The van der Waals surface area contributed by atoms with Gasteiger partial charge >= 0.3 is 5.97 Å². The van der Waals surface area contributed by atoms with Gasteiger partial charge in [-0.1, -0.05) is 30.3 Å². The summed E-state index contributed by atoms with van der Waals surface area (Å²) in [5.41, 5.74) is 1.77. The summed E-state index contributed by atoms with van der Waals surface area (Å²) in [5, 5.41) is 32.3. The molecule has 0 saturated heterocycles. The molecule has 0 fully saturated rings. The highest BCUT2D eigenvalue weighted by Crippen LogP contribution is 2.38. The number of halogens is 1. The van der Waals surface area contributed by atoms with E-state index in [1.165, 1.54) is 6.07 Å². The van der Waals surface area contributed by atoms with Crippen molar-refractivity contribution in [1.29, 1.82) is 0 Å². The molecule has 4 aromatic carbocycles. The van der Waals surface area contributed by atoms with Crippen molar-refractivity contribution in [2.24, 2.45) is 0 Å². The van der Waals surface area contributed by atoms with Crippen molar-refractivity contribution in [1.82, 2.24) is 0 Å². The monoisotopic (exact) mass is 408 g/mol. The van der Waals surface area contributed by atoms with Crippen LogP contribution < -0.4 is 0 Å². The third kappa shape index (κ3) is 2.66. The molecule has 3 N–H and O–H groups in total. The zero-order chi connectivity index (χ0) is 18.4. The lowest BCUT2D eigenvalue weighted by Crippen LogP contribution is -1.97. The predicted octanol–water partition coefficient (Wildman–Crippen LogP) is 5.53. The maximum absolute atomic E-state index is 11.3. The molecule has 0 amide bonds. The van der Waals surface area contributed by atoms with Gasteiger partial charge in [-0.2, -0.15) is 0 Å². The Morgan fingerprint density at radius 1 is 0.769 bits per heavy atom. The number of carboxylic acids is 1. The summed E-state index contributed by atoms with van der Waals surface area (Å²) in [6, 6.07) is 18.3. The zero-order valence-electron chi connectivity index (χ0n) is 13.4. The summed E-state index contributed by atoms with van der Waals surface area (Å²) in [6.45, 7) is 0. The van der Waals surface area contributed by atoms with Crippen molar-refractivity contribution in [2.45, 2.75) is 0 Å². The van der Waals surface area contributed by atoms with E-state index in [4.69, 9.17) is 0 Å². The maximum atomic E-state index is 11.3. The lowest BCUT2D eigenvalue weighted by molar-refractivity contribution is 0.0694.